The summed E-state index contributed by atoms with van der Waals surface area (Å²) in [5, 5.41) is 0. The fraction of sp³-hybridized carbons (Fsp3) is 0.273. The molecule has 1 aromatic carbocycles. The Morgan fingerprint density at radius 3 is 2.91 bits per heavy atom. The Morgan fingerprint density at radius 2 is 2.18 bits per heavy atom. The van der Waals surface area contributed by atoms with Gasteiger partial charge in [-0.3, -0.25) is 0 Å². The van der Waals surface area contributed by atoms with E-state index in [1.807, 2.05) is 0 Å². The average molecular weight is 145 g/mol. The van der Waals surface area contributed by atoms with Gasteiger partial charge in [0.05, 0.1) is 0 Å². The summed E-state index contributed by atoms with van der Waals surface area (Å²) in [5.74, 6) is 0.457. The highest BCUT2D eigenvalue weighted by Crippen LogP contribution is 2.34. The Bertz CT molecular complexity index is 326. The maximum atomic E-state index is 7.34. The van der Waals surface area contributed by atoms with E-state index in [9.17, 15) is 0 Å². The molecule has 1 aliphatic rings. The zero-order valence-electron chi connectivity index (χ0n) is 7.67. The van der Waals surface area contributed by atoms with Crippen LogP contribution in [-0.2, 0) is 0 Å². The third-order valence-corrected chi connectivity index (χ3v) is 2.36. The third-order valence-electron chi connectivity index (χ3n) is 2.36. The Kier molecular flexibility index (Phi) is 1.13. The fourth-order valence-electron chi connectivity index (χ4n) is 1.56. The second kappa shape index (κ2) is 2.23. The predicted octanol–water partition coefficient (Wildman–Crippen LogP) is 3.21. The monoisotopic (exact) mass is 145 g/mol. The molecule has 1 unspecified atom stereocenters. The van der Waals surface area contributed by atoms with Crippen molar-refractivity contribution < 1.29 is 1.37 Å². The number of benzene rings is 1. The number of hydrogen-bond donors (Lipinski definition) is 0. The van der Waals surface area contributed by atoms with E-state index in [4.69, 9.17) is 1.37 Å². The fourth-order valence-corrected chi connectivity index (χ4v) is 1.56. The molecule has 0 aromatic heterocycles. The minimum atomic E-state index is 0.426. The van der Waals surface area contributed by atoms with Gasteiger partial charge in [-0.25, -0.2) is 0 Å². The van der Waals surface area contributed by atoms with E-state index in [2.05, 4.69) is 37.3 Å². The highest BCUT2D eigenvalue weighted by atomic mass is 14.2. The van der Waals surface area contributed by atoms with Crippen LogP contribution < -0.4 is 0 Å². The first-order valence-corrected chi connectivity index (χ1v) is 3.91. The molecule has 0 heteroatoms. The van der Waals surface area contributed by atoms with Crippen molar-refractivity contribution in [1.82, 2.24) is 0 Å². The highest BCUT2D eigenvalue weighted by Gasteiger charge is 2.16. The largest absolute Gasteiger partial charge is 0.0655 e. The normalized spacial score (nSPS) is 22.5. The van der Waals surface area contributed by atoms with Gasteiger partial charge in [-0.05, 0) is 18.0 Å². The van der Waals surface area contributed by atoms with Gasteiger partial charge in [-0.1, -0.05) is 42.8 Å². The molecule has 0 amide bonds. The second-order valence-electron chi connectivity index (χ2n) is 3.07. The predicted molar refractivity (Wildman–Crippen MR) is 48.5 cm³/mol. The summed E-state index contributed by atoms with van der Waals surface area (Å²) < 4.78 is 7.34. The molecular formula is C11H12. The lowest BCUT2D eigenvalue weighted by Crippen LogP contribution is -1.88. The molecule has 0 aliphatic heterocycles. The molecule has 0 fully saturated rings. The van der Waals surface area contributed by atoms with Crippen LogP contribution in [0.25, 0.3) is 6.08 Å². The first-order chi connectivity index (χ1) is 5.83. The lowest BCUT2D eigenvalue weighted by Gasteiger charge is -2.05. The molecular weight excluding hydrogens is 132 g/mol. The van der Waals surface area contributed by atoms with Gasteiger partial charge in [0.25, 0.3) is 0 Å². The van der Waals surface area contributed by atoms with Crippen molar-refractivity contribution in [1.29, 1.82) is 0 Å². The van der Waals surface area contributed by atoms with Crippen molar-refractivity contribution in [2.75, 3.05) is 0 Å². The van der Waals surface area contributed by atoms with Gasteiger partial charge in [-0.2, -0.15) is 0 Å². The molecule has 0 nitrogen and oxygen atoms in total. The lowest BCUT2D eigenvalue weighted by atomic mass is 9.99. The van der Waals surface area contributed by atoms with Gasteiger partial charge in [0, 0.05) is 7.29 Å². The van der Waals surface area contributed by atoms with E-state index in [0.29, 0.717) is 12.8 Å². The van der Waals surface area contributed by atoms with Crippen molar-refractivity contribution in [3.63, 3.8) is 0 Å². The quantitative estimate of drug-likeness (QED) is 0.526. The number of hydrogen-bond acceptors (Lipinski definition) is 0. The summed E-state index contributed by atoms with van der Waals surface area (Å²) in [6, 6.07) is 8.39. The van der Waals surface area contributed by atoms with Gasteiger partial charge in [-0.15, -0.1) is 0 Å². The van der Waals surface area contributed by atoms with E-state index in [1.54, 1.807) is 0 Å². The van der Waals surface area contributed by atoms with Gasteiger partial charge in [0.15, 0.2) is 0 Å². The number of fused-ring (bicyclic) bond motifs is 1. The van der Waals surface area contributed by atoms with E-state index in [-0.39, 0.29) is 0 Å². The first kappa shape index (κ1) is 5.59. The Morgan fingerprint density at radius 1 is 1.36 bits per heavy atom. The Labute approximate surface area is 69.0 Å². The van der Waals surface area contributed by atoms with E-state index < -0.39 is 0 Å². The zero-order valence-corrected chi connectivity index (χ0v) is 6.67. The van der Waals surface area contributed by atoms with Gasteiger partial charge in [0.1, 0.15) is 0 Å². The SMILES string of the molecule is [2H]CC1=Cc2ccccc2C1C. The van der Waals surface area contributed by atoms with Crippen LogP contribution in [0.3, 0.4) is 0 Å². The summed E-state index contributed by atoms with van der Waals surface area (Å²) in [6.07, 6.45) is 2.15. The van der Waals surface area contributed by atoms with Crippen molar-refractivity contribution in [3.8, 4) is 0 Å². The minimum Gasteiger partial charge on any atom is -0.0655 e. The average Bonchev–Trinajstić information content (AvgIpc) is 2.44. The molecule has 11 heavy (non-hydrogen) atoms. The van der Waals surface area contributed by atoms with Crippen LogP contribution in [0.5, 0.6) is 0 Å². The highest BCUT2D eigenvalue weighted by molar-refractivity contribution is 5.65. The molecule has 0 radical (unpaired) electrons. The lowest BCUT2D eigenvalue weighted by molar-refractivity contribution is 0.921. The molecule has 0 saturated heterocycles. The summed E-state index contributed by atoms with van der Waals surface area (Å²) >= 11 is 0. The molecule has 0 N–H and O–H groups in total. The van der Waals surface area contributed by atoms with Crippen LogP contribution in [0.1, 0.15) is 32.2 Å². The summed E-state index contributed by atoms with van der Waals surface area (Å²) in [6.45, 7) is 2.60. The summed E-state index contributed by atoms with van der Waals surface area (Å²) in [4.78, 5) is 0. The third kappa shape index (κ3) is 0.900. The molecule has 0 spiro atoms. The summed E-state index contributed by atoms with van der Waals surface area (Å²) in [5.41, 5.74) is 3.91. The minimum absolute atomic E-state index is 0.426. The van der Waals surface area contributed by atoms with E-state index in [0.717, 1.165) is 0 Å². The molecule has 1 aromatic rings. The van der Waals surface area contributed by atoms with Crippen LogP contribution in [0.2, 0.25) is 0 Å². The summed E-state index contributed by atoms with van der Waals surface area (Å²) in [7, 11) is 0. The molecule has 0 saturated carbocycles. The van der Waals surface area contributed by atoms with Crippen LogP contribution >= 0.6 is 0 Å². The molecule has 1 atom stereocenters. The van der Waals surface area contributed by atoms with Crippen molar-refractivity contribution in [2.24, 2.45) is 0 Å². The van der Waals surface area contributed by atoms with E-state index >= 15 is 0 Å². The topological polar surface area (TPSA) is 0 Å². The maximum Gasteiger partial charge on any atom is 0.0277 e. The molecule has 2 rings (SSSR count). The van der Waals surface area contributed by atoms with Gasteiger partial charge >= 0.3 is 0 Å². The van der Waals surface area contributed by atoms with Gasteiger partial charge in [0.2, 0.25) is 0 Å². The Hall–Kier alpha value is -1.04. The van der Waals surface area contributed by atoms with Gasteiger partial charge < -0.3 is 0 Å². The molecule has 1 aliphatic carbocycles. The maximum absolute atomic E-state index is 7.34. The number of rotatable bonds is 0. The molecule has 0 heterocycles. The first-order valence-electron chi connectivity index (χ1n) is 4.62. The molecule has 0 bridgehead atoms. The van der Waals surface area contributed by atoms with Crippen molar-refractivity contribution in [2.45, 2.75) is 19.7 Å². The second-order valence-corrected chi connectivity index (χ2v) is 3.07. The standard InChI is InChI=1S/C11H12/c1-8-7-10-5-3-4-6-11(10)9(8)2/h3-7,9H,1-2H3/i1D. The van der Waals surface area contributed by atoms with Crippen molar-refractivity contribution in [3.05, 3.63) is 41.0 Å². The van der Waals surface area contributed by atoms with Crippen molar-refractivity contribution >= 4 is 6.08 Å². The zero-order chi connectivity index (χ0) is 8.55. The van der Waals surface area contributed by atoms with Crippen LogP contribution in [0, 0.1) is 0 Å². The van der Waals surface area contributed by atoms with Crippen LogP contribution in [0.4, 0.5) is 0 Å². The van der Waals surface area contributed by atoms with Crippen LogP contribution in [-0.4, -0.2) is 0 Å². The van der Waals surface area contributed by atoms with E-state index in [1.165, 1.54) is 16.7 Å². The van der Waals surface area contributed by atoms with Crippen LogP contribution in [0.15, 0.2) is 29.8 Å². The number of allylic oxidation sites excluding steroid dienone is 1. The Balaban J connectivity index is 2.47. The molecule has 56 valence electrons. The smallest absolute Gasteiger partial charge is 0.0277 e.